The molecule has 0 saturated carbocycles. The summed E-state index contributed by atoms with van der Waals surface area (Å²) in [6, 6.07) is 0. The zero-order valence-electron chi connectivity index (χ0n) is 11.1. The number of rotatable bonds is 5. The van der Waals surface area contributed by atoms with Crippen molar-refractivity contribution >= 4 is 17.7 Å². The van der Waals surface area contributed by atoms with E-state index in [0.717, 1.165) is 30.4 Å². The summed E-state index contributed by atoms with van der Waals surface area (Å²) in [6.45, 7) is 7.76. The van der Waals surface area contributed by atoms with Crippen LogP contribution in [-0.2, 0) is 9.84 Å². The van der Waals surface area contributed by atoms with Crippen LogP contribution in [0.2, 0.25) is 0 Å². The first kappa shape index (κ1) is 14.0. The molecule has 3 atom stereocenters. The Morgan fingerprint density at radius 3 is 2.19 bits per heavy atom. The molecular formula is C11H25BNO2S+. The molecule has 0 spiro atoms. The smallest absolute Gasteiger partial charge is 0.173 e. The van der Waals surface area contributed by atoms with E-state index in [1.54, 1.807) is 0 Å². The third kappa shape index (κ3) is 3.23. The summed E-state index contributed by atoms with van der Waals surface area (Å²) in [5.41, 5.74) is 0. The molecule has 0 aromatic heterocycles. The highest BCUT2D eigenvalue weighted by molar-refractivity contribution is 7.90. The van der Waals surface area contributed by atoms with E-state index in [0.29, 0.717) is 17.6 Å². The Morgan fingerprint density at radius 2 is 1.81 bits per heavy atom. The molecule has 3 unspecified atom stereocenters. The zero-order chi connectivity index (χ0) is 12.4. The highest BCUT2D eigenvalue weighted by Gasteiger charge is 2.43. The van der Waals surface area contributed by atoms with Crippen molar-refractivity contribution in [1.82, 2.24) is 0 Å². The van der Waals surface area contributed by atoms with Gasteiger partial charge in [-0.3, -0.25) is 0 Å². The van der Waals surface area contributed by atoms with Crippen LogP contribution in [0, 0.1) is 11.8 Å². The van der Waals surface area contributed by atoms with E-state index < -0.39 is 9.84 Å². The lowest BCUT2D eigenvalue weighted by Gasteiger charge is -2.32. The Balaban J connectivity index is 2.79. The summed E-state index contributed by atoms with van der Waals surface area (Å²) in [5, 5.41) is 0. The molecule has 94 valence electrons. The van der Waals surface area contributed by atoms with E-state index in [4.69, 9.17) is 0 Å². The quantitative estimate of drug-likeness (QED) is 0.510. The van der Waals surface area contributed by atoms with Crippen molar-refractivity contribution in [2.24, 2.45) is 11.8 Å². The molecule has 1 saturated heterocycles. The molecule has 0 aromatic carbocycles. The minimum Gasteiger partial charge on any atom is -0.331 e. The first-order valence-electron chi connectivity index (χ1n) is 6.38. The third-order valence-corrected chi connectivity index (χ3v) is 5.33. The molecule has 0 bridgehead atoms. The van der Waals surface area contributed by atoms with Crippen molar-refractivity contribution in [3.8, 4) is 0 Å². The van der Waals surface area contributed by atoms with E-state index in [1.807, 2.05) is 0 Å². The van der Waals surface area contributed by atoms with Gasteiger partial charge in [0.1, 0.15) is 9.84 Å². The van der Waals surface area contributed by atoms with Crippen LogP contribution in [0.5, 0.6) is 0 Å². The maximum atomic E-state index is 11.4. The Kier molecular flexibility index (Phi) is 4.46. The maximum Gasteiger partial charge on any atom is 0.173 e. The van der Waals surface area contributed by atoms with Gasteiger partial charge in [0, 0.05) is 24.5 Å². The molecule has 3 nitrogen and oxygen atoms in total. The van der Waals surface area contributed by atoms with Gasteiger partial charge in [0.25, 0.3) is 0 Å². The van der Waals surface area contributed by atoms with Crippen molar-refractivity contribution < 1.29 is 12.9 Å². The molecule has 0 aliphatic carbocycles. The number of quaternary nitrogens is 1. The van der Waals surface area contributed by atoms with Crippen molar-refractivity contribution in [1.29, 1.82) is 0 Å². The average molecular weight is 246 g/mol. The highest BCUT2D eigenvalue weighted by atomic mass is 32.2. The molecule has 1 aliphatic heterocycles. The van der Waals surface area contributed by atoms with Crippen LogP contribution in [0.3, 0.4) is 0 Å². The van der Waals surface area contributed by atoms with Crippen molar-refractivity contribution in [3.63, 3.8) is 0 Å². The van der Waals surface area contributed by atoms with Gasteiger partial charge in [-0.15, -0.1) is 0 Å². The van der Waals surface area contributed by atoms with Crippen LogP contribution in [0.15, 0.2) is 0 Å². The summed E-state index contributed by atoms with van der Waals surface area (Å²) >= 11 is 0. The van der Waals surface area contributed by atoms with Crippen LogP contribution in [0.25, 0.3) is 0 Å². The Morgan fingerprint density at radius 1 is 1.25 bits per heavy atom. The standard InChI is InChI=1S/C11H25BNO2S/c1-4-10-6-13(5-2,9-12)7-11(10)8-16(3,14)15/h10-11H,4-9,12H2,1-3H3/q+1. The SMILES string of the molecule is BC[N+]1(CC)CC(CC)C(CS(C)(=O)=O)C1. The molecular weight excluding hydrogens is 221 g/mol. The van der Waals surface area contributed by atoms with Crippen molar-refractivity contribution in [2.45, 2.75) is 20.3 Å². The molecule has 0 amide bonds. The topological polar surface area (TPSA) is 34.1 Å². The van der Waals surface area contributed by atoms with Gasteiger partial charge in [-0.05, 0) is 13.3 Å². The number of hydrogen-bond donors (Lipinski definition) is 0. The molecule has 1 heterocycles. The van der Waals surface area contributed by atoms with E-state index in [2.05, 4.69) is 21.7 Å². The van der Waals surface area contributed by atoms with Crippen molar-refractivity contribution in [2.75, 3.05) is 38.1 Å². The van der Waals surface area contributed by atoms with Gasteiger partial charge in [-0.1, -0.05) is 6.92 Å². The molecule has 0 N–H and O–H groups in total. The molecule has 1 rings (SSSR count). The van der Waals surface area contributed by atoms with E-state index in [-0.39, 0.29) is 0 Å². The summed E-state index contributed by atoms with van der Waals surface area (Å²) in [4.78, 5) is 0. The Bertz CT molecular complexity index is 325. The summed E-state index contributed by atoms with van der Waals surface area (Å²) in [5.74, 6) is 1.35. The van der Waals surface area contributed by atoms with Gasteiger partial charge in [0.05, 0.1) is 25.4 Å². The lowest BCUT2D eigenvalue weighted by molar-refractivity contribution is -0.907. The maximum absolute atomic E-state index is 11.4. The highest BCUT2D eigenvalue weighted by Crippen LogP contribution is 2.32. The summed E-state index contributed by atoms with van der Waals surface area (Å²) < 4.78 is 24.0. The molecule has 16 heavy (non-hydrogen) atoms. The van der Waals surface area contributed by atoms with Crippen LogP contribution in [-0.4, -0.2) is 58.8 Å². The van der Waals surface area contributed by atoms with Gasteiger partial charge >= 0.3 is 0 Å². The fourth-order valence-electron chi connectivity index (χ4n) is 3.15. The minimum atomic E-state index is -2.83. The summed E-state index contributed by atoms with van der Waals surface area (Å²) in [7, 11) is -0.606. The average Bonchev–Trinajstić information content (AvgIpc) is 2.54. The monoisotopic (exact) mass is 246 g/mol. The fourth-order valence-corrected chi connectivity index (χ4v) is 4.30. The predicted octanol–water partition coefficient (Wildman–Crippen LogP) is 0.114. The normalized spacial score (nSPS) is 35.4. The minimum absolute atomic E-state index is 0.375. The van der Waals surface area contributed by atoms with Gasteiger partial charge in [0.2, 0.25) is 0 Å². The fraction of sp³-hybridized carbons (Fsp3) is 1.00. The van der Waals surface area contributed by atoms with Gasteiger partial charge in [-0.25, -0.2) is 8.42 Å². The van der Waals surface area contributed by atoms with Gasteiger partial charge in [0.15, 0.2) is 7.85 Å². The van der Waals surface area contributed by atoms with E-state index >= 15 is 0 Å². The van der Waals surface area contributed by atoms with E-state index in [1.165, 1.54) is 12.8 Å². The second-order valence-electron chi connectivity index (χ2n) is 5.36. The number of nitrogens with zero attached hydrogens (tertiary/aromatic N) is 1. The second kappa shape index (κ2) is 5.09. The molecule has 0 radical (unpaired) electrons. The molecule has 5 heteroatoms. The number of sulfone groups is 1. The molecule has 0 aromatic rings. The predicted molar refractivity (Wildman–Crippen MR) is 70.9 cm³/mol. The third-order valence-electron chi connectivity index (χ3n) is 4.29. The van der Waals surface area contributed by atoms with Gasteiger partial charge in [-0.2, -0.15) is 0 Å². The molecule has 1 aliphatic rings. The first-order chi connectivity index (χ1) is 7.36. The Labute approximate surface area is 101 Å². The van der Waals surface area contributed by atoms with Crippen LogP contribution in [0.4, 0.5) is 0 Å². The number of hydrogen-bond acceptors (Lipinski definition) is 2. The summed E-state index contributed by atoms with van der Waals surface area (Å²) in [6.07, 6.45) is 3.61. The van der Waals surface area contributed by atoms with Crippen LogP contribution < -0.4 is 0 Å². The second-order valence-corrected chi connectivity index (χ2v) is 7.54. The Hall–Kier alpha value is -0.0251. The van der Waals surface area contributed by atoms with Crippen LogP contribution in [0.1, 0.15) is 20.3 Å². The number of likely N-dealkylation sites (tertiary alicyclic amines) is 1. The first-order valence-corrected chi connectivity index (χ1v) is 8.44. The van der Waals surface area contributed by atoms with Crippen molar-refractivity contribution in [3.05, 3.63) is 0 Å². The zero-order valence-corrected chi connectivity index (χ0v) is 11.9. The lowest BCUT2D eigenvalue weighted by Crippen LogP contribution is -2.47. The van der Waals surface area contributed by atoms with Crippen LogP contribution >= 0.6 is 0 Å². The van der Waals surface area contributed by atoms with E-state index in [9.17, 15) is 8.42 Å². The molecule has 1 fully saturated rings. The lowest BCUT2D eigenvalue weighted by atomic mass is 9.96. The van der Waals surface area contributed by atoms with Gasteiger partial charge < -0.3 is 4.48 Å². The largest absolute Gasteiger partial charge is 0.331 e.